The van der Waals surface area contributed by atoms with E-state index in [1.165, 1.54) is 17.0 Å². The van der Waals surface area contributed by atoms with E-state index in [0.717, 1.165) is 17.0 Å². The van der Waals surface area contributed by atoms with E-state index in [-0.39, 0.29) is 25.8 Å². The molecular weight excluding hydrogens is 358 g/mol. The summed E-state index contributed by atoms with van der Waals surface area (Å²) in [6.45, 7) is 0. The lowest BCUT2D eigenvalue weighted by atomic mass is 10.0. The molecule has 1 heterocycles. The van der Waals surface area contributed by atoms with Crippen molar-refractivity contribution < 1.29 is 13.6 Å². The number of nitrogens with two attached hydrogens (primary N) is 1. The van der Waals surface area contributed by atoms with Gasteiger partial charge >= 0.3 is 0 Å². The number of hydrogen-bond acceptors (Lipinski definition) is 3. The van der Waals surface area contributed by atoms with E-state index in [1.807, 2.05) is 19.2 Å². The van der Waals surface area contributed by atoms with Crippen LogP contribution in [0.15, 0.2) is 42.6 Å². The van der Waals surface area contributed by atoms with Gasteiger partial charge in [0.05, 0.1) is 17.8 Å². The van der Waals surface area contributed by atoms with Gasteiger partial charge in [-0.1, -0.05) is 0 Å². The van der Waals surface area contributed by atoms with Gasteiger partial charge in [-0.3, -0.25) is 9.48 Å². The lowest BCUT2D eigenvalue weighted by Gasteiger charge is -2.21. The maximum absolute atomic E-state index is 13.3. The number of anilines is 1. The first-order chi connectivity index (χ1) is 11.8. The lowest BCUT2D eigenvalue weighted by molar-refractivity contribution is -0.119. The van der Waals surface area contributed by atoms with Gasteiger partial charge in [0.15, 0.2) is 0 Å². The van der Waals surface area contributed by atoms with Gasteiger partial charge in [-0.15, -0.1) is 0 Å². The monoisotopic (exact) mass is 378 g/mol. The molecule has 1 atom stereocenters. The SMILES string of the molecule is CN(C(=O)[C@@H](N)Cc1cc(F)cc(F)c1)c1ccc2c(cnn2C)c1.S. The van der Waals surface area contributed by atoms with Gasteiger partial charge in [0.2, 0.25) is 5.91 Å². The van der Waals surface area contributed by atoms with Gasteiger partial charge in [0.1, 0.15) is 11.6 Å². The summed E-state index contributed by atoms with van der Waals surface area (Å²) in [4.78, 5) is 14.0. The maximum Gasteiger partial charge on any atom is 0.243 e. The number of carbonyl (C=O) groups is 1. The Hall–Kier alpha value is -2.45. The molecule has 0 fully saturated rings. The van der Waals surface area contributed by atoms with Crippen LogP contribution >= 0.6 is 13.5 Å². The Morgan fingerprint density at radius 1 is 1.23 bits per heavy atom. The van der Waals surface area contributed by atoms with Crippen LogP contribution in [0.25, 0.3) is 10.9 Å². The van der Waals surface area contributed by atoms with Gasteiger partial charge in [-0.05, 0) is 42.3 Å². The summed E-state index contributed by atoms with van der Waals surface area (Å²) in [5.41, 5.74) is 7.91. The minimum atomic E-state index is -0.907. The first kappa shape index (κ1) is 19.9. The smallest absolute Gasteiger partial charge is 0.243 e. The number of rotatable bonds is 4. The first-order valence-electron chi connectivity index (χ1n) is 7.75. The summed E-state index contributed by atoms with van der Waals surface area (Å²) >= 11 is 0. The number of benzene rings is 2. The second-order valence-electron chi connectivity index (χ2n) is 6.00. The van der Waals surface area contributed by atoms with Crippen molar-refractivity contribution in [3.63, 3.8) is 0 Å². The third-order valence-corrected chi connectivity index (χ3v) is 4.14. The Morgan fingerprint density at radius 3 is 2.54 bits per heavy atom. The molecule has 3 aromatic rings. The van der Waals surface area contributed by atoms with Gasteiger partial charge in [0.25, 0.3) is 0 Å². The van der Waals surface area contributed by atoms with E-state index in [0.29, 0.717) is 11.3 Å². The Bertz CT molecular complexity index is 924. The number of halogens is 2. The largest absolute Gasteiger partial charge is 0.320 e. The second kappa shape index (κ2) is 7.84. The van der Waals surface area contributed by atoms with Crippen LogP contribution in [0.3, 0.4) is 0 Å². The lowest BCUT2D eigenvalue weighted by Crippen LogP contribution is -2.43. The van der Waals surface area contributed by atoms with Crippen LogP contribution in [0.4, 0.5) is 14.5 Å². The Labute approximate surface area is 156 Å². The number of hydrogen-bond donors (Lipinski definition) is 1. The van der Waals surface area contributed by atoms with Gasteiger partial charge in [-0.25, -0.2) is 8.78 Å². The molecule has 8 heteroatoms. The molecule has 26 heavy (non-hydrogen) atoms. The molecule has 1 aromatic heterocycles. The quantitative estimate of drug-likeness (QED) is 0.759. The number of likely N-dealkylation sites (N-methyl/N-ethyl adjacent to an activating group) is 1. The molecule has 138 valence electrons. The molecule has 3 rings (SSSR count). The predicted molar refractivity (Wildman–Crippen MR) is 103 cm³/mol. The van der Waals surface area contributed by atoms with Crippen molar-refractivity contribution >= 4 is 36.0 Å². The molecule has 0 saturated carbocycles. The van der Waals surface area contributed by atoms with E-state index in [4.69, 9.17) is 5.73 Å². The summed E-state index contributed by atoms with van der Waals surface area (Å²) in [5.74, 6) is -1.72. The molecule has 1 amide bonds. The summed E-state index contributed by atoms with van der Waals surface area (Å²) in [6, 6.07) is 7.75. The average molecular weight is 378 g/mol. The normalized spacial score (nSPS) is 11.9. The fraction of sp³-hybridized carbons (Fsp3) is 0.222. The molecule has 5 nitrogen and oxygen atoms in total. The zero-order chi connectivity index (χ0) is 18.1. The molecule has 0 aliphatic carbocycles. The van der Waals surface area contributed by atoms with Crippen LogP contribution in [-0.4, -0.2) is 28.8 Å². The maximum atomic E-state index is 13.3. The number of amides is 1. The summed E-state index contributed by atoms with van der Waals surface area (Å²) in [6.07, 6.45) is 1.76. The van der Waals surface area contributed by atoms with E-state index in [2.05, 4.69) is 5.10 Å². The highest BCUT2D eigenvalue weighted by Gasteiger charge is 2.20. The standard InChI is InChI=1S/C18H18F2N4O.H2S/c1-23(15-3-4-17-12(8-15)10-22-24(17)2)18(25)16(21)7-11-5-13(19)9-14(20)6-11;/h3-6,8-10,16H,7,21H2,1-2H3;1H2/t16-;/m0./s1. The zero-order valence-corrected chi connectivity index (χ0v) is 15.4. The highest BCUT2D eigenvalue weighted by molar-refractivity contribution is 7.59. The van der Waals surface area contributed by atoms with Crippen LogP contribution in [0.2, 0.25) is 0 Å². The fourth-order valence-electron chi connectivity index (χ4n) is 2.81. The second-order valence-corrected chi connectivity index (χ2v) is 6.00. The Kier molecular flexibility index (Phi) is 5.99. The number of aryl methyl sites for hydroxylation is 1. The minimum absolute atomic E-state index is 0. The molecule has 0 saturated heterocycles. The first-order valence-corrected chi connectivity index (χ1v) is 7.75. The summed E-state index contributed by atoms with van der Waals surface area (Å²) in [7, 11) is 3.46. The van der Waals surface area contributed by atoms with Crippen LogP contribution in [0.1, 0.15) is 5.56 Å². The van der Waals surface area contributed by atoms with Gasteiger partial charge < -0.3 is 10.6 Å². The van der Waals surface area contributed by atoms with Crippen LogP contribution in [-0.2, 0) is 18.3 Å². The Morgan fingerprint density at radius 2 is 1.88 bits per heavy atom. The summed E-state index contributed by atoms with van der Waals surface area (Å²) in [5, 5.41) is 5.07. The van der Waals surface area contributed by atoms with E-state index >= 15 is 0 Å². The molecular formula is C18H20F2N4OS. The third kappa shape index (κ3) is 4.03. The topological polar surface area (TPSA) is 64.2 Å². The molecule has 0 spiro atoms. The minimum Gasteiger partial charge on any atom is -0.320 e. The average Bonchev–Trinajstić information content (AvgIpc) is 2.93. The van der Waals surface area contributed by atoms with Crippen molar-refractivity contribution in [2.75, 3.05) is 11.9 Å². The molecule has 0 radical (unpaired) electrons. The Balaban J connectivity index is 0.00000243. The molecule has 0 aliphatic rings. The van der Waals surface area contributed by atoms with Crippen molar-refractivity contribution in [2.45, 2.75) is 12.5 Å². The highest BCUT2D eigenvalue weighted by atomic mass is 32.1. The number of fused-ring (bicyclic) bond motifs is 1. The molecule has 0 bridgehead atoms. The number of carbonyl (C=O) groups excluding carboxylic acids is 1. The molecule has 2 aromatic carbocycles. The van der Waals surface area contributed by atoms with Crippen LogP contribution < -0.4 is 10.6 Å². The fourth-order valence-corrected chi connectivity index (χ4v) is 2.81. The highest BCUT2D eigenvalue weighted by Crippen LogP contribution is 2.21. The van der Waals surface area contributed by atoms with Crippen molar-refractivity contribution in [3.05, 3.63) is 59.8 Å². The molecule has 0 unspecified atom stereocenters. The zero-order valence-electron chi connectivity index (χ0n) is 14.4. The van der Waals surface area contributed by atoms with Crippen molar-refractivity contribution in [1.29, 1.82) is 0 Å². The van der Waals surface area contributed by atoms with Gasteiger partial charge in [0, 0.05) is 31.2 Å². The third-order valence-electron chi connectivity index (χ3n) is 4.14. The predicted octanol–water partition coefficient (Wildman–Crippen LogP) is 2.50. The number of aromatic nitrogens is 2. The van der Waals surface area contributed by atoms with E-state index < -0.39 is 17.7 Å². The molecule has 2 N–H and O–H groups in total. The van der Waals surface area contributed by atoms with Gasteiger partial charge in [-0.2, -0.15) is 18.6 Å². The summed E-state index contributed by atoms with van der Waals surface area (Å²) < 4.78 is 28.3. The van der Waals surface area contributed by atoms with Crippen molar-refractivity contribution in [3.8, 4) is 0 Å². The van der Waals surface area contributed by atoms with E-state index in [1.54, 1.807) is 24.0 Å². The van der Waals surface area contributed by atoms with Crippen LogP contribution in [0.5, 0.6) is 0 Å². The van der Waals surface area contributed by atoms with E-state index in [9.17, 15) is 13.6 Å². The van der Waals surface area contributed by atoms with Crippen molar-refractivity contribution in [1.82, 2.24) is 9.78 Å². The van der Waals surface area contributed by atoms with Crippen LogP contribution in [0, 0.1) is 11.6 Å². The molecule has 0 aliphatic heterocycles. The van der Waals surface area contributed by atoms with Crippen molar-refractivity contribution in [2.24, 2.45) is 12.8 Å². The number of nitrogens with zero attached hydrogens (tertiary/aromatic N) is 3.